The Balaban J connectivity index is 1.92. The van der Waals surface area contributed by atoms with E-state index in [1.54, 1.807) is 0 Å². The molecule has 1 saturated heterocycles. The summed E-state index contributed by atoms with van der Waals surface area (Å²) >= 11 is 0. The van der Waals surface area contributed by atoms with E-state index in [4.69, 9.17) is 0 Å². The summed E-state index contributed by atoms with van der Waals surface area (Å²) in [5.74, 6) is 1.47. The van der Waals surface area contributed by atoms with Crippen molar-refractivity contribution >= 4 is 5.69 Å². The summed E-state index contributed by atoms with van der Waals surface area (Å²) in [4.78, 5) is 5.06. The van der Waals surface area contributed by atoms with Crippen molar-refractivity contribution in [1.29, 1.82) is 0 Å². The van der Waals surface area contributed by atoms with Crippen LogP contribution in [0, 0.1) is 5.92 Å². The van der Waals surface area contributed by atoms with Crippen molar-refractivity contribution in [3.05, 3.63) is 35.7 Å². The average molecular weight is 259 g/mol. The fraction of sp³-hybridized carbons (Fsp3) is 0.588. The summed E-state index contributed by atoms with van der Waals surface area (Å²) in [7, 11) is 0. The van der Waals surface area contributed by atoms with Crippen LogP contribution in [0.2, 0.25) is 0 Å². The molecular formula is C17H27N2. The number of anilines is 1. The smallest absolute Gasteiger partial charge is 0.0367 e. The predicted octanol–water partition coefficient (Wildman–Crippen LogP) is 3.37. The number of hydrogen-bond acceptors (Lipinski definition) is 2. The molecule has 1 aromatic carbocycles. The largest absolute Gasteiger partial charge is 0.369 e. The summed E-state index contributed by atoms with van der Waals surface area (Å²) in [5, 5.41) is 0. The van der Waals surface area contributed by atoms with Gasteiger partial charge in [0.05, 0.1) is 0 Å². The summed E-state index contributed by atoms with van der Waals surface area (Å²) in [6.45, 7) is 13.6. The molecule has 0 spiro atoms. The Hall–Kier alpha value is -1.02. The lowest BCUT2D eigenvalue weighted by Gasteiger charge is -2.38. The molecule has 0 aliphatic carbocycles. The molecule has 0 bridgehead atoms. The first-order chi connectivity index (χ1) is 9.06. The fourth-order valence-electron chi connectivity index (χ4n) is 2.73. The molecule has 0 saturated carbocycles. The van der Waals surface area contributed by atoms with Crippen molar-refractivity contribution in [2.75, 3.05) is 31.1 Å². The van der Waals surface area contributed by atoms with Gasteiger partial charge < -0.3 is 4.90 Å². The first-order valence-corrected chi connectivity index (χ1v) is 7.43. The Bertz CT molecular complexity index is 373. The first kappa shape index (κ1) is 14.4. The minimum Gasteiger partial charge on any atom is -0.369 e. The van der Waals surface area contributed by atoms with Gasteiger partial charge in [0.25, 0.3) is 0 Å². The van der Waals surface area contributed by atoms with E-state index in [1.165, 1.54) is 30.3 Å². The molecule has 0 atom stereocenters. The van der Waals surface area contributed by atoms with Crippen molar-refractivity contribution in [2.24, 2.45) is 0 Å². The van der Waals surface area contributed by atoms with Crippen LogP contribution in [-0.2, 0) is 6.42 Å². The highest BCUT2D eigenvalue weighted by Gasteiger charge is 2.18. The molecule has 2 nitrogen and oxygen atoms in total. The third kappa shape index (κ3) is 3.97. The summed E-state index contributed by atoms with van der Waals surface area (Å²) in [6, 6.07) is 9.79. The molecule has 0 aromatic heterocycles. The van der Waals surface area contributed by atoms with Gasteiger partial charge >= 0.3 is 0 Å². The van der Waals surface area contributed by atoms with E-state index in [1.807, 2.05) is 0 Å². The number of piperazine rings is 1. The molecule has 0 unspecified atom stereocenters. The van der Waals surface area contributed by atoms with Gasteiger partial charge in [-0.05, 0) is 43.9 Å². The highest BCUT2D eigenvalue weighted by molar-refractivity contribution is 5.48. The molecule has 1 heterocycles. The van der Waals surface area contributed by atoms with Crippen molar-refractivity contribution < 1.29 is 0 Å². The number of hydrogen-bond donors (Lipinski definition) is 0. The number of benzene rings is 1. The topological polar surface area (TPSA) is 6.48 Å². The zero-order chi connectivity index (χ0) is 13.8. The van der Waals surface area contributed by atoms with Gasteiger partial charge in [-0.1, -0.05) is 26.0 Å². The van der Waals surface area contributed by atoms with E-state index >= 15 is 0 Å². The van der Waals surface area contributed by atoms with Crippen LogP contribution in [-0.4, -0.2) is 37.1 Å². The zero-order valence-corrected chi connectivity index (χ0v) is 12.8. The van der Waals surface area contributed by atoms with Crippen molar-refractivity contribution in [3.63, 3.8) is 0 Å². The normalized spacial score (nSPS) is 17.5. The molecule has 0 amide bonds. The molecule has 1 fully saturated rings. The fourth-order valence-corrected chi connectivity index (χ4v) is 2.73. The van der Waals surface area contributed by atoms with Gasteiger partial charge in [0, 0.05) is 37.9 Å². The lowest BCUT2D eigenvalue weighted by atomic mass is 10.0. The lowest BCUT2D eigenvalue weighted by Crippen LogP contribution is -2.48. The van der Waals surface area contributed by atoms with Crippen LogP contribution in [0.15, 0.2) is 24.3 Å². The molecule has 19 heavy (non-hydrogen) atoms. The molecule has 1 aromatic rings. The van der Waals surface area contributed by atoms with Gasteiger partial charge in [0.15, 0.2) is 0 Å². The van der Waals surface area contributed by atoms with Crippen LogP contribution < -0.4 is 4.90 Å². The van der Waals surface area contributed by atoms with Crippen LogP contribution >= 0.6 is 0 Å². The molecule has 0 N–H and O–H groups in total. The third-order valence-electron chi connectivity index (χ3n) is 3.90. The highest BCUT2D eigenvalue weighted by Crippen LogP contribution is 2.19. The molecule has 2 heteroatoms. The number of rotatable bonds is 4. The van der Waals surface area contributed by atoms with E-state index < -0.39 is 0 Å². The second-order valence-electron chi connectivity index (χ2n) is 6.17. The molecular weight excluding hydrogens is 232 g/mol. The lowest BCUT2D eigenvalue weighted by molar-refractivity contribution is 0.209. The van der Waals surface area contributed by atoms with Crippen LogP contribution in [0.1, 0.15) is 33.3 Å². The zero-order valence-electron chi connectivity index (χ0n) is 12.8. The molecule has 105 valence electrons. The standard InChI is InChI=1S/C17H27N2/c1-14(2)13-16-5-7-17(8-6-16)19-11-9-18(10-12-19)15(3)4/h5-8,15H,9-13H2,1-4H3. The Morgan fingerprint density at radius 3 is 2.05 bits per heavy atom. The first-order valence-electron chi connectivity index (χ1n) is 7.43. The van der Waals surface area contributed by atoms with E-state index in [9.17, 15) is 0 Å². The van der Waals surface area contributed by atoms with Crippen LogP contribution in [0.25, 0.3) is 0 Å². The van der Waals surface area contributed by atoms with E-state index in [0.717, 1.165) is 19.5 Å². The van der Waals surface area contributed by atoms with Crippen molar-refractivity contribution in [3.8, 4) is 0 Å². The van der Waals surface area contributed by atoms with Gasteiger partial charge in [0.2, 0.25) is 0 Å². The van der Waals surface area contributed by atoms with E-state index in [0.29, 0.717) is 6.04 Å². The molecule has 1 aliphatic heterocycles. The van der Waals surface area contributed by atoms with Crippen LogP contribution in [0.5, 0.6) is 0 Å². The van der Waals surface area contributed by atoms with Gasteiger partial charge in [-0.2, -0.15) is 0 Å². The summed E-state index contributed by atoms with van der Waals surface area (Å²) in [5.41, 5.74) is 2.80. The minimum absolute atomic E-state index is 0.674. The predicted molar refractivity (Wildman–Crippen MR) is 83.7 cm³/mol. The Kier molecular flexibility index (Phi) is 4.87. The maximum Gasteiger partial charge on any atom is 0.0367 e. The van der Waals surface area contributed by atoms with Crippen molar-refractivity contribution in [2.45, 2.75) is 40.2 Å². The third-order valence-corrected chi connectivity index (χ3v) is 3.90. The minimum atomic E-state index is 0.674. The molecule has 1 radical (unpaired) electrons. The summed E-state index contributed by atoms with van der Waals surface area (Å²) in [6.07, 6.45) is 1.10. The van der Waals surface area contributed by atoms with Crippen molar-refractivity contribution in [1.82, 2.24) is 4.90 Å². The summed E-state index contributed by atoms with van der Waals surface area (Å²) < 4.78 is 0. The van der Waals surface area contributed by atoms with Crippen LogP contribution in [0.3, 0.4) is 0 Å². The Morgan fingerprint density at radius 1 is 1.00 bits per heavy atom. The van der Waals surface area contributed by atoms with E-state index in [2.05, 4.69) is 61.8 Å². The van der Waals surface area contributed by atoms with Gasteiger partial charge in [-0.3, -0.25) is 4.90 Å². The van der Waals surface area contributed by atoms with E-state index in [-0.39, 0.29) is 0 Å². The maximum atomic E-state index is 2.56. The second kappa shape index (κ2) is 6.42. The quantitative estimate of drug-likeness (QED) is 0.818. The number of nitrogens with zero attached hydrogens (tertiary/aromatic N) is 2. The monoisotopic (exact) mass is 259 g/mol. The molecule has 2 rings (SSSR count). The van der Waals surface area contributed by atoms with Gasteiger partial charge in [0.1, 0.15) is 0 Å². The van der Waals surface area contributed by atoms with Crippen LogP contribution in [0.4, 0.5) is 5.69 Å². The Morgan fingerprint density at radius 2 is 1.58 bits per heavy atom. The Labute approximate surface area is 118 Å². The maximum absolute atomic E-state index is 2.56. The average Bonchev–Trinajstić information content (AvgIpc) is 2.39. The van der Waals surface area contributed by atoms with Gasteiger partial charge in [-0.25, -0.2) is 0 Å². The molecule has 1 aliphatic rings. The highest BCUT2D eigenvalue weighted by atomic mass is 15.3. The SMILES string of the molecule is C[C](C)Cc1ccc(N2CCN(C(C)C)CC2)cc1. The van der Waals surface area contributed by atoms with Gasteiger partial charge in [-0.15, -0.1) is 0 Å². The second-order valence-corrected chi connectivity index (χ2v) is 6.17.